The van der Waals surface area contributed by atoms with Gasteiger partial charge in [0.25, 0.3) is 5.91 Å². The highest BCUT2D eigenvalue weighted by Crippen LogP contribution is 2.26. The highest BCUT2D eigenvalue weighted by molar-refractivity contribution is 5.98. The summed E-state index contributed by atoms with van der Waals surface area (Å²) in [6, 6.07) is 2.51. The molecular weight excluding hydrogens is 387 g/mol. The first-order chi connectivity index (χ1) is 14.3. The molecule has 2 heterocycles. The van der Waals surface area contributed by atoms with Crippen LogP contribution in [0.5, 0.6) is 5.88 Å². The zero-order chi connectivity index (χ0) is 22.3. The monoisotopic (exact) mass is 418 g/mol. The van der Waals surface area contributed by atoms with Gasteiger partial charge in [-0.25, -0.2) is 14.4 Å². The lowest BCUT2D eigenvalue weighted by Gasteiger charge is -2.23. The van der Waals surface area contributed by atoms with Gasteiger partial charge in [0.05, 0.1) is 24.1 Å². The predicted octanol–water partition coefficient (Wildman–Crippen LogP) is 3.48. The molecule has 2 atom stereocenters. The van der Waals surface area contributed by atoms with Crippen LogP contribution in [0.3, 0.4) is 0 Å². The Balaban J connectivity index is 2.36. The van der Waals surface area contributed by atoms with E-state index in [9.17, 15) is 9.18 Å². The van der Waals surface area contributed by atoms with Crippen LogP contribution in [-0.2, 0) is 0 Å². The van der Waals surface area contributed by atoms with E-state index in [2.05, 4.69) is 27.5 Å². The number of ether oxygens (including phenoxy) is 1. The van der Waals surface area contributed by atoms with Crippen molar-refractivity contribution in [2.75, 3.05) is 17.2 Å². The van der Waals surface area contributed by atoms with Gasteiger partial charge >= 0.3 is 0 Å². The molecule has 2 aromatic heterocycles. The van der Waals surface area contributed by atoms with E-state index in [4.69, 9.17) is 16.2 Å². The number of pyridine rings is 2. The molecule has 2 rings (SSSR count). The number of nitrogens with two attached hydrogens (primary N) is 2. The van der Waals surface area contributed by atoms with Crippen LogP contribution in [0.15, 0.2) is 18.3 Å². The average Bonchev–Trinajstić information content (AvgIpc) is 2.68. The third kappa shape index (κ3) is 6.03. The number of carbonyl (C=O) groups is 1. The minimum Gasteiger partial charge on any atom is -0.478 e. The Kier molecular flexibility index (Phi) is 8.35. The van der Waals surface area contributed by atoms with E-state index in [0.717, 1.165) is 30.9 Å². The Morgan fingerprint density at radius 2 is 2.03 bits per heavy atom. The van der Waals surface area contributed by atoms with Crippen LogP contribution in [-0.4, -0.2) is 34.6 Å². The Morgan fingerprint density at radius 3 is 2.60 bits per heavy atom. The molecule has 0 aliphatic heterocycles. The molecule has 0 bridgehead atoms. The van der Waals surface area contributed by atoms with Crippen molar-refractivity contribution in [1.29, 1.82) is 0 Å². The quantitative estimate of drug-likeness (QED) is 0.440. The molecule has 0 spiro atoms. The lowest BCUT2D eigenvalue weighted by Crippen LogP contribution is -2.38. The molecule has 0 unspecified atom stereocenters. The molecule has 0 fully saturated rings. The fourth-order valence-corrected chi connectivity index (χ4v) is 2.99. The number of unbranched alkanes of at least 4 members (excludes halogenated alkanes) is 1. The lowest BCUT2D eigenvalue weighted by atomic mass is 10.0. The number of rotatable bonds is 11. The molecule has 1 amide bonds. The Hall–Kier alpha value is -2.94. The molecule has 8 nitrogen and oxygen atoms in total. The fraction of sp³-hybridized carbons (Fsp3) is 0.476. The van der Waals surface area contributed by atoms with Gasteiger partial charge in [0.1, 0.15) is 5.82 Å². The summed E-state index contributed by atoms with van der Waals surface area (Å²) >= 11 is 0. The SMILES string of the molecule is CCCC[C@@H](Nc1nc(Nc2cnc(OCC)c(C)c2)c(C(N)=O)cc1F)[C@H](C)N. The normalized spacial score (nSPS) is 12.9. The third-order valence-corrected chi connectivity index (χ3v) is 4.64. The molecule has 0 aliphatic rings. The first-order valence-electron chi connectivity index (χ1n) is 10.2. The van der Waals surface area contributed by atoms with Crippen LogP contribution in [0, 0.1) is 12.7 Å². The minimum atomic E-state index is -0.791. The summed E-state index contributed by atoms with van der Waals surface area (Å²) in [6.45, 7) is 8.16. The van der Waals surface area contributed by atoms with Crippen molar-refractivity contribution in [3.63, 3.8) is 0 Å². The summed E-state index contributed by atoms with van der Waals surface area (Å²) < 4.78 is 20.1. The molecule has 6 N–H and O–H groups in total. The van der Waals surface area contributed by atoms with Gasteiger partial charge in [0.15, 0.2) is 11.6 Å². The second-order valence-corrected chi connectivity index (χ2v) is 7.24. The van der Waals surface area contributed by atoms with Crippen LogP contribution in [0.25, 0.3) is 0 Å². The molecule has 0 saturated carbocycles. The van der Waals surface area contributed by atoms with E-state index < -0.39 is 11.7 Å². The van der Waals surface area contributed by atoms with E-state index in [0.29, 0.717) is 18.2 Å². The number of nitrogens with zero attached hydrogens (tertiary/aromatic N) is 2. The molecule has 2 aromatic rings. The van der Waals surface area contributed by atoms with Crippen molar-refractivity contribution < 1.29 is 13.9 Å². The number of carbonyl (C=O) groups excluding carboxylic acids is 1. The number of nitrogens with one attached hydrogen (secondary N) is 2. The van der Waals surface area contributed by atoms with Gasteiger partial charge in [-0.15, -0.1) is 0 Å². The summed E-state index contributed by atoms with van der Waals surface area (Å²) in [4.78, 5) is 20.4. The molecule has 0 aromatic carbocycles. The van der Waals surface area contributed by atoms with E-state index in [-0.39, 0.29) is 29.3 Å². The van der Waals surface area contributed by atoms with Crippen LogP contribution < -0.4 is 26.8 Å². The van der Waals surface area contributed by atoms with Crippen molar-refractivity contribution in [2.24, 2.45) is 11.5 Å². The molecule has 0 radical (unpaired) electrons. The van der Waals surface area contributed by atoms with Crippen molar-refractivity contribution in [3.05, 3.63) is 35.3 Å². The molecule has 0 aliphatic carbocycles. The maximum atomic E-state index is 14.6. The van der Waals surface area contributed by atoms with Crippen LogP contribution in [0.1, 0.15) is 56.0 Å². The Bertz CT molecular complexity index is 875. The molecule has 30 heavy (non-hydrogen) atoms. The van der Waals surface area contributed by atoms with Crippen molar-refractivity contribution in [1.82, 2.24) is 9.97 Å². The number of hydrogen-bond acceptors (Lipinski definition) is 7. The second-order valence-electron chi connectivity index (χ2n) is 7.24. The van der Waals surface area contributed by atoms with Crippen LogP contribution >= 0.6 is 0 Å². The topological polar surface area (TPSA) is 128 Å². The fourth-order valence-electron chi connectivity index (χ4n) is 2.99. The van der Waals surface area contributed by atoms with Gasteiger partial charge in [-0.1, -0.05) is 19.8 Å². The third-order valence-electron chi connectivity index (χ3n) is 4.64. The van der Waals surface area contributed by atoms with Gasteiger partial charge in [0.2, 0.25) is 5.88 Å². The molecule has 164 valence electrons. The minimum absolute atomic E-state index is 0.0107. The molecule has 9 heteroatoms. The summed E-state index contributed by atoms with van der Waals surface area (Å²) in [5.41, 5.74) is 12.8. The lowest BCUT2D eigenvalue weighted by molar-refractivity contribution is 0.100. The zero-order valence-electron chi connectivity index (χ0n) is 18.0. The number of hydrogen-bond donors (Lipinski definition) is 4. The first kappa shape index (κ1) is 23.3. The van der Waals surface area contributed by atoms with Gasteiger partial charge in [-0.05, 0) is 39.3 Å². The Labute approximate surface area is 176 Å². The maximum Gasteiger partial charge on any atom is 0.252 e. The molecular formula is C21H31FN6O2. The van der Waals surface area contributed by atoms with Crippen molar-refractivity contribution in [2.45, 2.75) is 59.0 Å². The summed E-state index contributed by atoms with van der Waals surface area (Å²) in [6.07, 6.45) is 4.27. The van der Waals surface area contributed by atoms with Crippen LogP contribution in [0.2, 0.25) is 0 Å². The number of primary amides is 1. The smallest absolute Gasteiger partial charge is 0.252 e. The second kappa shape index (κ2) is 10.7. The van der Waals surface area contributed by atoms with E-state index in [1.807, 2.05) is 20.8 Å². The number of aryl methyl sites for hydroxylation is 1. The van der Waals surface area contributed by atoms with Crippen molar-refractivity contribution in [3.8, 4) is 5.88 Å². The number of halogens is 1. The van der Waals surface area contributed by atoms with Gasteiger partial charge in [0, 0.05) is 17.6 Å². The van der Waals surface area contributed by atoms with Crippen molar-refractivity contribution >= 4 is 23.2 Å². The number of anilines is 3. The summed E-state index contributed by atoms with van der Waals surface area (Å²) in [5.74, 6) is -0.797. The standard InChI is InChI=1S/C21H31FN6O2/c1-5-7-8-17(13(4)23)27-20-16(22)10-15(18(24)29)19(28-20)26-14-9-12(3)21(25-11-14)30-6-2/h9-11,13,17H,5-8,23H2,1-4H3,(H2,24,29)(H2,26,27,28)/t13-,17+/m0/s1. The van der Waals surface area contributed by atoms with Gasteiger partial charge in [-0.3, -0.25) is 4.79 Å². The van der Waals surface area contributed by atoms with Crippen LogP contribution in [0.4, 0.5) is 21.7 Å². The van der Waals surface area contributed by atoms with E-state index >= 15 is 0 Å². The largest absolute Gasteiger partial charge is 0.478 e. The number of aromatic nitrogens is 2. The van der Waals surface area contributed by atoms with Gasteiger partial charge in [-0.2, -0.15) is 0 Å². The number of amides is 1. The van der Waals surface area contributed by atoms with E-state index in [1.54, 1.807) is 12.3 Å². The summed E-state index contributed by atoms with van der Waals surface area (Å²) in [7, 11) is 0. The highest BCUT2D eigenvalue weighted by Gasteiger charge is 2.20. The summed E-state index contributed by atoms with van der Waals surface area (Å²) in [5, 5.41) is 6.08. The van der Waals surface area contributed by atoms with Gasteiger partial charge < -0.3 is 26.8 Å². The predicted molar refractivity (Wildman–Crippen MR) is 117 cm³/mol. The Morgan fingerprint density at radius 1 is 1.30 bits per heavy atom. The maximum absolute atomic E-state index is 14.6. The van der Waals surface area contributed by atoms with E-state index in [1.165, 1.54) is 0 Å². The highest BCUT2D eigenvalue weighted by atomic mass is 19.1. The zero-order valence-corrected chi connectivity index (χ0v) is 18.0. The molecule has 0 saturated heterocycles. The average molecular weight is 419 g/mol. The first-order valence-corrected chi connectivity index (χ1v) is 10.2.